The molecule has 0 amide bonds. The molecule has 1 aromatic heterocycles. The fraction of sp³-hybridized carbons (Fsp3) is 0.556. The summed E-state index contributed by atoms with van der Waals surface area (Å²) in [6.07, 6.45) is 1.97. The SMILES string of the molecule is Nc1nc(C2(N)CC2)nc2c1CSC2. The van der Waals surface area contributed by atoms with Crippen molar-refractivity contribution in [3.8, 4) is 0 Å². The summed E-state index contributed by atoms with van der Waals surface area (Å²) in [5.41, 5.74) is 13.9. The van der Waals surface area contributed by atoms with Gasteiger partial charge in [-0.2, -0.15) is 11.8 Å². The standard InChI is InChI=1S/C9H12N4S/c10-7-5-3-14-4-6(5)12-8(13-7)9(11)1-2-9/h1-4,11H2,(H2,10,12,13). The summed E-state index contributed by atoms with van der Waals surface area (Å²) in [4.78, 5) is 8.82. The van der Waals surface area contributed by atoms with Crippen molar-refractivity contribution in [1.82, 2.24) is 9.97 Å². The molecule has 2 aliphatic rings. The highest BCUT2D eigenvalue weighted by Crippen LogP contribution is 2.42. The largest absolute Gasteiger partial charge is 0.383 e. The van der Waals surface area contributed by atoms with E-state index >= 15 is 0 Å². The normalized spacial score (nSPS) is 22.1. The molecule has 2 heterocycles. The van der Waals surface area contributed by atoms with E-state index < -0.39 is 0 Å². The van der Waals surface area contributed by atoms with Gasteiger partial charge in [-0.15, -0.1) is 0 Å². The lowest BCUT2D eigenvalue weighted by molar-refractivity contribution is 0.667. The fourth-order valence-corrected chi connectivity index (χ4v) is 2.71. The highest BCUT2D eigenvalue weighted by molar-refractivity contribution is 7.98. The maximum atomic E-state index is 6.04. The summed E-state index contributed by atoms with van der Waals surface area (Å²) >= 11 is 1.83. The topological polar surface area (TPSA) is 77.8 Å². The zero-order valence-electron chi connectivity index (χ0n) is 7.79. The van der Waals surface area contributed by atoms with E-state index in [4.69, 9.17) is 11.5 Å². The summed E-state index contributed by atoms with van der Waals surface area (Å²) < 4.78 is 0. The molecule has 0 bridgehead atoms. The van der Waals surface area contributed by atoms with Crippen LogP contribution in [0.3, 0.4) is 0 Å². The number of rotatable bonds is 1. The van der Waals surface area contributed by atoms with E-state index in [0.717, 1.165) is 41.4 Å². The number of aromatic nitrogens is 2. The third kappa shape index (κ3) is 1.12. The van der Waals surface area contributed by atoms with Gasteiger partial charge in [0.05, 0.1) is 11.2 Å². The number of nitrogens with two attached hydrogens (primary N) is 2. The number of anilines is 1. The Kier molecular flexibility index (Phi) is 1.58. The molecular weight excluding hydrogens is 196 g/mol. The Labute approximate surface area is 86.5 Å². The summed E-state index contributed by atoms with van der Waals surface area (Å²) in [7, 11) is 0. The number of thioether (sulfide) groups is 1. The Morgan fingerprint density at radius 3 is 2.71 bits per heavy atom. The van der Waals surface area contributed by atoms with Crippen LogP contribution < -0.4 is 11.5 Å². The van der Waals surface area contributed by atoms with Crippen LogP contribution in [0.1, 0.15) is 29.9 Å². The lowest BCUT2D eigenvalue weighted by Gasteiger charge is -2.10. The summed E-state index contributed by atoms with van der Waals surface area (Å²) in [5, 5.41) is 0. The van der Waals surface area contributed by atoms with Gasteiger partial charge in [0, 0.05) is 17.1 Å². The molecule has 0 radical (unpaired) electrons. The Morgan fingerprint density at radius 2 is 2.00 bits per heavy atom. The predicted molar refractivity (Wildman–Crippen MR) is 56.5 cm³/mol. The van der Waals surface area contributed by atoms with Gasteiger partial charge in [0.2, 0.25) is 0 Å². The van der Waals surface area contributed by atoms with Crippen LogP contribution in [0, 0.1) is 0 Å². The molecule has 0 spiro atoms. The molecule has 4 N–H and O–H groups in total. The lowest BCUT2D eigenvalue weighted by Crippen LogP contribution is -2.23. The van der Waals surface area contributed by atoms with Crippen LogP contribution >= 0.6 is 11.8 Å². The van der Waals surface area contributed by atoms with E-state index in [1.54, 1.807) is 0 Å². The van der Waals surface area contributed by atoms with Gasteiger partial charge in [0.25, 0.3) is 0 Å². The van der Waals surface area contributed by atoms with E-state index in [-0.39, 0.29) is 5.54 Å². The van der Waals surface area contributed by atoms with Crippen LogP contribution in [0.15, 0.2) is 0 Å². The van der Waals surface area contributed by atoms with Crippen molar-refractivity contribution < 1.29 is 0 Å². The lowest BCUT2D eigenvalue weighted by atomic mass is 10.2. The van der Waals surface area contributed by atoms with Crippen molar-refractivity contribution in [2.45, 2.75) is 29.9 Å². The van der Waals surface area contributed by atoms with Crippen LogP contribution in [0.25, 0.3) is 0 Å². The van der Waals surface area contributed by atoms with Gasteiger partial charge >= 0.3 is 0 Å². The smallest absolute Gasteiger partial charge is 0.150 e. The second-order valence-electron chi connectivity index (χ2n) is 4.01. The summed E-state index contributed by atoms with van der Waals surface area (Å²) in [6.45, 7) is 0. The highest BCUT2D eigenvalue weighted by Gasteiger charge is 2.43. The predicted octanol–water partition coefficient (Wildman–Crippen LogP) is 0.753. The molecule has 5 heteroatoms. The number of nitrogen functional groups attached to an aromatic ring is 1. The number of hydrogen-bond donors (Lipinski definition) is 2. The third-order valence-corrected chi connectivity index (χ3v) is 3.81. The zero-order valence-corrected chi connectivity index (χ0v) is 8.60. The van der Waals surface area contributed by atoms with Gasteiger partial charge in [-0.3, -0.25) is 0 Å². The monoisotopic (exact) mass is 208 g/mol. The Morgan fingerprint density at radius 1 is 1.21 bits per heavy atom. The average molecular weight is 208 g/mol. The molecule has 1 aliphatic carbocycles. The molecule has 1 aromatic rings. The van der Waals surface area contributed by atoms with Crippen molar-refractivity contribution in [2.75, 3.05) is 5.73 Å². The number of fused-ring (bicyclic) bond motifs is 1. The Balaban J connectivity index is 2.12. The van der Waals surface area contributed by atoms with Gasteiger partial charge in [-0.25, -0.2) is 9.97 Å². The van der Waals surface area contributed by atoms with Crippen LogP contribution in [0.2, 0.25) is 0 Å². The maximum Gasteiger partial charge on any atom is 0.150 e. The molecule has 4 nitrogen and oxygen atoms in total. The maximum absolute atomic E-state index is 6.04. The molecule has 1 saturated carbocycles. The van der Waals surface area contributed by atoms with Gasteiger partial charge < -0.3 is 11.5 Å². The van der Waals surface area contributed by atoms with E-state index in [1.807, 2.05) is 11.8 Å². The van der Waals surface area contributed by atoms with Gasteiger partial charge in [-0.05, 0) is 12.8 Å². The van der Waals surface area contributed by atoms with Crippen molar-refractivity contribution in [3.05, 3.63) is 17.1 Å². The fourth-order valence-electron chi connectivity index (χ4n) is 1.66. The molecule has 74 valence electrons. The molecule has 14 heavy (non-hydrogen) atoms. The minimum Gasteiger partial charge on any atom is -0.383 e. The average Bonchev–Trinajstić information content (AvgIpc) is 2.75. The van der Waals surface area contributed by atoms with Gasteiger partial charge in [0.1, 0.15) is 5.82 Å². The molecule has 1 aliphatic heterocycles. The first kappa shape index (κ1) is 8.49. The van der Waals surface area contributed by atoms with Crippen molar-refractivity contribution in [1.29, 1.82) is 0 Å². The molecule has 0 atom stereocenters. The van der Waals surface area contributed by atoms with E-state index in [1.165, 1.54) is 0 Å². The Hall–Kier alpha value is -0.810. The number of nitrogens with zero attached hydrogens (tertiary/aromatic N) is 2. The van der Waals surface area contributed by atoms with Crippen LogP contribution in [0.4, 0.5) is 5.82 Å². The van der Waals surface area contributed by atoms with Crippen LogP contribution in [-0.2, 0) is 17.0 Å². The molecule has 0 saturated heterocycles. The van der Waals surface area contributed by atoms with Crippen LogP contribution in [0.5, 0.6) is 0 Å². The quantitative estimate of drug-likeness (QED) is 0.712. The van der Waals surface area contributed by atoms with Crippen molar-refractivity contribution >= 4 is 17.6 Å². The minimum atomic E-state index is -0.267. The third-order valence-electron chi connectivity index (χ3n) is 2.84. The Bertz CT molecular complexity index is 400. The van der Waals surface area contributed by atoms with E-state index in [9.17, 15) is 0 Å². The second-order valence-corrected chi connectivity index (χ2v) is 4.99. The summed E-state index contributed by atoms with van der Waals surface area (Å²) in [6, 6.07) is 0. The highest BCUT2D eigenvalue weighted by atomic mass is 32.2. The zero-order chi connectivity index (χ0) is 9.76. The van der Waals surface area contributed by atoms with Crippen molar-refractivity contribution in [2.24, 2.45) is 5.73 Å². The minimum absolute atomic E-state index is 0.267. The van der Waals surface area contributed by atoms with E-state index in [0.29, 0.717) is 5.82 Å². The van der Waals surface area contributed by atoms with Crippen molar-refractivity contribution in [3.63, 3.8) is 0 Å². The van der Waals surface area contributed by atoms with E-state index in [2.05, 4.69) is 9.97 Å². The van der Waals surface area contributed by atoms with Gasteiger partial charge in [0.15, 0.2) is 5.82 Å². The second kappa shape index (κ2) is 2.61. The molecule has 0 unspecified atom stereocenters. The molecule has 1 fully saturated rings. The van der Waals surface area contributed by atoms with Gasteiger partial charge in [-0.1, -0.05) is 0 Å². The first-order chi connectivity index (χ1) is 6.69. The molecular formula is C9H12N4S. The molecule has 0 aromatic carbocycles. The first-order valence-corrected chi connectivity index (χ1v) is 5.87. The van der Waals surface area contributed by atoms with Crippen LogP contribution in [-0.4, -0.2) is 9.97 Å². The summed E-state index contributed by atoms with van der Waals surface area (Å²) in [5.74, 6) is 3.27. The first-order valence-electron chi connectivity index (χ1n) is 4.71. The number of hydrogen-bond acceptors (Lipinski definition) is 5. The molecule has 3 rings (SSSR count).